The van der Waals surface area contributed by atoms with E-state index in [1.165, 1.54) is 0 Å². The highest BCUT2D eigenvalue weighted by Crippen LogP contribution is 2.38. The van der Waals surface area contributed by atoms with Crippen LogP contribution in [0, 0.1) is 6.92 Å². The first-order chi connectivity index (χ1) is 14.6. The molecule has 3 aromatic rings. The lowest BCUT2D eigenvalue weighted by molar-refractivity contribution is 0.0722. The second kappa shape index (κ2) is 7.65. The van der Waals surface area contributed by atoms with Gasteiger partial charge in [0.15, 0.2) is 11.5 Å². The van der Waals surface area contributed by atoms with Gasteiger partial charge in [-0.2, -0.15) is 0 Å². The Morgan fingerprint density at radius 3 is 2.67 bits per heavy atom. The first kappa shape index (κ1) is 18.9. The van der Waals surface area contributed by atoms with Crippen LogP contribution in [0.1, 0.15) is 40.9 Å². The summed E-state index contributed by atoms with van der Waals surface area (Å²) in [6.07, 6.45) is 1.82. The molecule has 30 heavy (non-hydrogen) atoms. The van der Waals surface area contributed by atoms with Crippen LogP contribution in [-0.2, 0) is 0 Å². The fourth-order valence-corrected chi connectivity index (χ4v) is 4.19. The molecule has 8 heteroatoms. The molecule has 2 aliphatic heterocycles. The minimum absolute atomic E-state index is 0.0314. The number of carbonyl (C=O) groups is 1. The molecule has 2 aliphatic rings. The Bertz CT molecular complexity index is 1100. The smallest absolute Gasteiger partial charge is 0.294 e. The lowest BCUT2D eigenvalue weighted by atomic mass is 10.0. The van der Waals surface area contributed by atoms with Crippen LogP contribution in [-0.4, -0.2) is 45.3 Å². The van der Waals surface area contributed by atoms with E-state index in [0.717, 1.165) is 35.6 Å². The number of ether oxygens (including phenoxy) is 2. The maximum atomic E-state index is 13.3. The molecule has 0 N–H and O–H groups in total. The number of aryl methyl sites for hydroxylation is 1. The molecule has 1 unspecified atom stereocenters. The molecule has 154 valence electrons. The van der Waals surface area contributed by atoms with Crippen molar-refractivity contribution in [2.75, 3.05) is 19.8 Å². The van der Waals surface area contributed by atoms with Gasteiger partial charge in [0.1, 0.15) is 19.0 Å². The lowest BCUT2D eigenvalue weighted by Gasteiger charge is -2.26. The molecule has 0 spiro atoms. The molecule has 0 bridgehead atoms. The van der Waals surface area contributed by atoms with Gasteiger partial charge in [-0.15, -0.1) is 5.10 Å². The lowest BCUT2D eigenvalue weighted by Crippen LogP contribution is -2.31. The standard InChI is InChI=1S/C22H21ClN4O3/c1-14-24-21(25-27(14)17-7-5-16(23)6-8-17)22(28)26-10-2-3-18(26)15-4-9-19-20(13-15)30-12-11-29-19/h4-9,13,18H,2-3,10-12H2,1H3. The summed E-state index contributed by atoms with van der Waals surface area (Å²) >= 11 is 5.98. The number of rotatable bonds is 3. The quantitative estimate of drug-likeness (QED) is 0.636. The van der Waals surface area contributed by atoms with Gasteiger partial charge in [-0.3, -0.25) is 4.79 Å². The minimum Gasteiger partial charge on any atom is -0.486 e. The number of hydrogen-bond acceptors (Lipinski definition) is 5. The molecule has 2 aromatic carbocycles. The second-order valence-electron chi connectivity index (χ2n) is 7.43. The van der Waals surface area contributed by atoms with Crippen LogP contribution in [0.3, 0.4) is 0 Å². The fraction of sp³-hybridized carbons (Fsp3) is 0.318. The van der Waals surface area contributed by atoms with Crippen molar-refractivity contribution in [2.45, 2.75) is 25.8 Å². The number of hydrogen-bond donors (Lipinski definition) is 0. The van der Waals surface area contributed by atoms with Gasteiger partial charge in [-0.25, -0.2) is 9.67 Å². The molecule has 1 atom stereocenters. The highest BCUT2D eigenvalue weighted by molar-refractivity contribution is 6.30. The summed E-state index contributed by atoms with van der Waals surface area (Å²) in [7, 11) is 0. The van der Waals surface area contributed by atoms with Gasteiger partial charge in [-0.05, 0) is 61.7 Å². The zero-order valence-electron chi connectivity index (χ0n) is 16.5. The summed E-state index contributed by atoms with van der Waals surface area (Å²) in [6, 6.07) is 13.2. The summed E-state index contributed by atoms with van der Waals surface area (Å²) in [5, 5.41) is 5.12. The number of aromatic nitrogens is 3. The van der Waals surface area contributed by atoms with Crippen molar-refractivity contribution in [1.82, 2.24) is 19.7 Å². The van der Waals surface area contributed by atoms with Crippen LogP contribution in [0.4, 0.5) is 0 Å². The summed E-state index contributed by atoms with van der Waals surface area (Å²) in [4.78, 5) is 19.6. The van der Waals surface area contributed by atoms with E-state index in [1.54, 1.807) is 16.8 Å². The van der Waals surface area contributed by atoms with Crippen LogP contribution in [0.5, 0.6) is 11.5 Å². The predicted octanol–water partition coefficient (Wildman–Crippen LogP) is 3.98. The Labute approximate surface area is 179 Å². The molecule has 3 heterocycles. The Balaban J connectivity index is 1.42. The molecule has 5 rings (SSSR count). The third kappa shape index (κ3) is 3.39. The Hall–Kier alpha value is -3.06. The van der Waals surface area contributed by atoms with Crippen molar-refractivity contribution in [1.29, 1.82) is 0 Å². The summed E-state index contributed by atoms with van der Waals surface area (Å²) < 4.78 is 13.0. The van der Waals surface area contributed by atoms with Gasteiger partial charge in [0.05, 0.1) is 11.7 Å². The van der Waals surface area contributed by atoms with Gasteiger partial charge in [0, 0.05) is 11.6 Å². The van der Waals surface area contributed by atoms with Crippen LogP contribution < -0.4 is 9.47 Å². The number of halogens is 1. The molecule has 7 nitrogen and oxygen atoms in total. The molecule has 0 aliphatic carbocycles. The van der Waals surface area contributed by atoms with E-state index >= 15 is 0 Å². The van der Waals surface area contributed by atoms with Crippen LogP contribution >= 0.6 is 11.6 Å². The van der Waals surface area contributed by atoms with E-state index in [1.807, 2.05) is 42.2 Å². The van der Waals surface area contributed by atoms with Crippen LogP contribution in [0.25, 0.3) is 5.69 Å². The first-order valence-corrected chi connectivity index (χ1v) is 10.4. The number of likely N-dealkylation sites (tertiary alicyclic amines) is 1. The van der Waals surface area contributed by atoms with E-state index in [4.69, 9.17) is 21.1 Å². The summed E-state index contributed by atoms with van der Waals surface area (Å²) in [5.74, 6) is 2.17. The van der Waals surface area contributed by atoms with E-state index in [0.29, 0.717) is 30.6 Å². The Morgan fingerprint density at radius 1 is 1.10 bits per heavy atom. The third-order valence-electron chi connectivity index (χ3n) is 5.50. The molecule has 1 fully saturated rings. The van der Waals surface area contributed by atoms with Crippen molar-refractivity contribution in [3.05, 3.63) is 64.7 Å². The molecular weight excluding hydrogens is 404 g/mol. The highest BCUT2D eigenvalue weighted by atomic mass is 35.5. The third-order valence-corrected chi connectivity index (χ3v) is 5.75. The molecule has 1 saturated heterocycles. The largest absolute Gasteiger partial charge is 0.486 e. The maximum absolute atomic E-state index is 13.3. The average molecular weight is 425 g/mol. The number of amides is 1. The van der Waals surface area contributed by atoms with Crippen LogP contribution in [0.2, 0.25) is 5.02 Å². The van der Waals surface area contributed by atoms with E-state index in [9.17, 15) is 4.79 Å². The fourth-order valence-electron chi connectivity index (χ4n) is 4.06. The molecular formula is C22H21ClN4O3. The molecule has 1 aromatic heterocycles. The Morgan fingerprint density at radius 2 is 1.87 bits per heavy atom. The second-order valence-corrected chi connectivity index (χ2v) is 7.87. The van der Waals surface area contributed by atoms with Crippen molar-refractivity contribution in [3.63, 3.8) is 0 Å². The minimum atomic E-state index is -0.164. The molecule has 1 amide bonds. The van der Waals surface area contributed by atoms with E-state index < -0.39 is 0 Å². The molecule has 0 radical (unpaired) electrons. The number of carbonyl (C=O) groups excluding carboxylic acids is 1. The number of fused-ring (bicyclic) bond motifs is 1. The van der Waals surface area contributed by atoms with Crippen molar-refractivity contribution in [2.24, 2.45) is 0 Å². The predicted molar refractivity (Wildman–Crippen MR) is 112 cm³/mol. The Kier molecular flexibility index (Phi) is 4.83. The topological polar surface area (TPSA) is 69.5 Å². The van der Waals surface area contributed by atoms with Gasteiger partial charge in [-0.1, -0.05) is 17.7 Å². The molecule has 0 saturated carbocycles. The normalized spacial score (nSPS) is 17.9. The summed E-state index contributed by atoms with van der Waals surface area (Å²) in [5.41, 5.74) is 1.85. The summed E-state index contributed by atoms with van der Waals surface area (Å²) in [6.45, 7) is 3.60. The van der Waals surface area contributed by atoms with Gasteiger partial charge in [0.2, 0.25) is 5.82 Å². The van der Waals surface area contributed by atoms with Crippen molar-refractivity contribution in [3.8, 4) is 17.2 Å². The zero-order chi connectivity index (χ0) is 20.7. The monoisotopic (exact) mass is 424 g/mol. The number of benzene rings is 2. The van der Waals surface area contributed by atoms with Gasteiger partial charge < -0.3 is 14.4 Å². The van der Waals surface area contributed by atoms with Gasteiger partial charge in [0.25, 0.3) is 5.91 Å². The van der Waals surface area contributed by atoms with E-state index in [-0.39, 0.29) is 17.8 Å². The van der Waals surface area contributed by atoms with Crippen molar-refractivity contribution < 1.29 is 14.3 Å². The highest BCUT2D eigenvalue weighted by Gasteiger charge is 2.33. The van der Waals surface area contributed by atoms with Crippen LogP contribution in [0.15, 0.2) is 42.5 Å². The SMILES string of the molecule is Cc1nc(C(=O)N2CCCC2c2ccc3c(c2)OCCO3)nn1-c1ccc(Cl)cc1. The van der Waals surface area contributed by atoms with E-state index in [2.05, 4.69) is 10.1 Å². The first-order valence-electron chi connectivity index (χ1n) is 10.0. The zero-order valence-corrected chi connectivity index (χ0v) is 17.3. The number of nitrogens with zero attached hydrogens (tertiary/aromatic N) is 4. The van der Waals surface area contributed by atoms with Gasteiger partial charge >= 0.3 is 0 Å². The van der Waals surface area contributed by atoms with Crippen molar-refractivity contribution >= 4 is 17.5 Å². The average Bonchev–Trinajstić information content (AvgIpc) is 3.41. The maximum Gasteiger partial charge on any atom is 0.294 e.